The van der Waals surface area contributed by atoms with E-state index in [4.69, 9.17) is 17.0 Å². The number of rotatable bonds is 8. The van der Waals surface area contributed by atoms with E-state index in [9.17, 15) is 14.9 Å². The maximum atomic E-state index is 12.2. The number of nitro groups is 1. The number of hydrogen-bond donors (Lipinski definition) is 2. The Kier molecular flexibility index (Phi) is 8.50. The number of hydrogen-bond acceptors (Lipinski definition) is 5. The van der Waals surface area contributed by atoms with Crippen LogP contribution in [0, 0.1) is 15.5 Å². The molecule has 0 aromatic heterocycles. The molecule has 166 valence electrons. The van der Waals surface area contributed by atoms with Crippen molar-refractivity contribution in [2.45, 2.75) is 46.2 Å². The number of carbonyl (C=O) groups excluding carboxylic acids is 1. The Hall–Kier alpha value is -3.00. The second-order valence-corrected chi connectivity index (χ2v) is 8.83. The molecule has 0 aliphatic carbocycles. The van der Waals surface area contributed by atoms with E-state index in [1.165, 1.54) is 12.1 Å². The molecule has 0 bridgehead atoms. The van der Waals surface area contributed by atoms with E-state index in [2.05, 4.69) is 10.6 Å². The molecule has 0 aliphatic rings. The average Bonchev–Trinajstić information content (AvgIpc) is 2.71. The van der Waals surface area contributed by atoms with Gasteiger partial charge in [0.2, 0.25) is 0 Å². The molecule has 0 saturated carbocycles. The van der Waals surface area contributed by atoms with Crippen LogP contribution >= 0.6 is 12.2 Å². The van der Waals surface area contributed by atoms with E-state index in [-0.39, 0.29) is 30.3 Å². The molecule has 2 N–H and O–H groups in total. The van der Waals surface area contributed by atoms with Crippen molar-refractivity contribution < 1.29 is 14.5 Å². The van der Waals surface area contributed by atoms with Gasteiger partial charge in [0.1, 0.15) is 6.61 Å². The Labute approximate surface area is 188 Å². The zero-order valence-electron chi connectivity index (χ0n) is 18.3. The molecular formula is C23H29N3O4S. The first kappa shape index (κ1) is 24.3. The fourth-order valence-corrected chi connectivity index (χ4v) is 3.18. The third-order valence-electron chi connectivity index (χ3n) is 4.64. The molecule has 0 heterocycles. The van der Waals surface area contributed by atoms with Crippen molar-refractivity contribution in [3.05, 3.63) is 75.8 Å². The number of nitrogens with one attached hydrogen (secondary N) is 2. The van der Waals surface area contributed by atoms with Gasteiger partial charge in [-0.1, -0.05) is 42.5 Å². The normalized spacial score (nSPS) is 13.0. The topological polar surface area (TPSA) is 93.5 Å². The summed E-state index contributed by atoms with van der Waals surface area (Å²) >= 11 is 5.47. The Morgan fingerprint density at radius 3 is 2.26 bits per heavy atom. The number of ether oxygens (including phenoxy) is 1. The van der Waals surface area contributed by atoms with E-state index in [0.29, 0.717) is 11.5 Å². The van der Waals surface area contributed by atoms with Gasteiger partial charge in [-0.25, -0.2) is 0 Å². The lowest BCUT2D eigenvalue weighted by Crippen LogP contribution is -2.46. The first-order valence-electron chi connectivity index (χ1n) is 10.1. The van der Waals surface area contributed by atoms with E-state index in [1.807, 2.05) is 58.0 Å². The average molecular weight is 444 g/mol. The number of carbonyl (C=O) groups is 1. The number of non-ortho nitro benzene ring substituents is 1. The summed E-state index contributed by atoms with van der Waals surface area (Å²) in [5, 5.41) is 17.7. The van der Waals surface area contributed by atoms with E-state index in [1.54, 1.807) is 12.1 Å². The van der Waals surface area contributed by atoms with Gasteiger partial charge in [0.15, 0.2) is 5.11 Å². The van der Waals surface area contributed by atoms with Crippen LogP contribution in [0.2, 0.25) is 0 Å². The number of nitro benzene ring substituents is 1. The predicted molar refractivity (Wildman–Crippen MR) is 125 cm³/mol. The summed E-state index contributed by atoms with van der Waals surface area (Å²) in [6.07, 6.45) is 0.631. The molecule has 0 saturated heterocycles. The molecule has 2 aromatic carbocycles. The summed E-state index contributed by atoms with van der Waals surface area (Å²) in [6.45, 7) is 7.53. The first-order valence-corrected chi connectivity index (χ1v) is 10.5. The summed E-state index contributed by atoms with van der Waals surface area (Å²) in [6, 6.07) is 15.9. The van der Waals surface area contributed by atoms with Crippen molar-refractivity contribution in [2.24, 2.45) is 5.41 Å². The second kappa shape index (κ2) is 10.9. The molecule has 0 unspecified atom stereocenters. The predicted octanol–water partition coefficient (Wildman–Crippen LogP) is 4.32. The fourth-order valence-electron chi connectivity index (χ4n) is 2.83. The van der Waals surface area contributed by atoms with Gasteiger partial charge in [-0.05, 0) is 57.5 Å². The van der Waals surface area contributed by atoms with Gasteiger partial charge in [0, 0.05) is 12.1 Å². The lowest BCUT2D eigenvalue weighted by atomic mass is 9.97. The maximum absolute atomic E-state index is 12.2. The van der Waals surface area contributed by atoms with E-state index in [0.717, 1.165) is 11.1 Å². The summed E-state index contributed by atoms with van der Waals surface area (Å²) < 4.78 is 5.51. The Balaban J connectivity index is 2.01. The summed E-state index contributed by atoms with van der Waals surface area (Å²) in [5.41, 5.74) is 1.42. The quantitative estimate of drug-likeness (QED) is 0.272. The van der Waals surface area contributed by atoms with Crippen molar-refractivity contribution in [2.75, 3.05) is 6.61 Å². The molecule has 2 rings (SSSR count). The Morgan fingerprint density at radius 1 is 1.10 bits per heavy atom. The molecular weight excluding hydrogens is 414 g/mol. The zero-order valence-corrected chi connectivity index (χ0v) is 19.1. The highest BCUT2D eigenvalue weighted by Gasteiger charge is 2.24. The molecule has 7 nitrogen and oxygen atoms in total. The molecule has 0 radical (unpaired) electrons. The van der Waals surface area contributed by atoms with Crippen LogP contribution < -0.4 is 10.6 Å². The van der Waals surface area contributed by atoms with Crippen LogP contribution in [0.25, 0.3) is 0 Å². The summed E-state index contributed by atoms with van der Waals surface area (Å²) in [7, 11) is 0. The van der Waals surface area contributed by atoms with Crippen LogP contribution in [0.3, 0.4) is 0 Å². The highest BCUT2D eigenvalue weighted by molar-refractivity contribution is 7.80. The third-order valence-corrected chi connectivity index (χ3v) is 4.88. The Bertz CT molecular complexity index is 895. The Morgan fingerprint density at radius 2 is 1.71 bits per heavy atom. The van der Waals surface area contributed by atoms with Gasteiger partial charge in [-0.2, -0.15) is 0 Å². The van der Waals surface area contributed by atoms with Crippen LogP contribution in [0.5, 0.6) is 0 Å². The summed E-state index contributed by atoms with van der Waals surface area (Å²) in [4.78, 5) is 22.6. The van der Waals surface area contributed by atoms with Gasteiger partial charge in [-0.3, -0.25) is 14.9 Å². The fraction of sp³-hybridized carbons (Fsp3) is 0.391. The molecule has 2 atom stereocenters. The smallest absolute Gasteiger partial charge is 0.311 e. The van der Waals surface area contributed by atoms with Crippen molar-refractivity contribution in [3.8, 4) is 0 Å². The van der Waals surface area contributed by atoms with Crippen molar-refractivity contribution >= 4 is 29.0 Å². The van der Waals surface area contributed by atoms with Crippen LogP contribution in [0.4, 0.5) is 5.69 Å². The molecule has 31 heavy (non-hydrogen) atoms. The SMILES string of the molecule is C[C@H](NC(=S)N[C@@H](COC(=O)C(C)(C)C)Cc1ccccc1)c1ccc([N+](=O)[O-])cc1. The molecule has 0 fully saturated rings. The maximum Gasteiger partial charge on any atom is 0.311 e. The second-order valence-electron chi connectivity index (χ2n) is 8.42. The minimum Gasteiger partial charge on any atom is -0.463 e. The number of esters is 1. The van der Waals surface area contributed by atoms with Crippen molar-refractivity contribution in [1.82, 2.24) is 10.6 Å². The largest absolute Gasteiger partial charge is 0.463 e. The van der Waals surface area contributed by atoms with Crippen molar-refractivity contribution in [3.63, 3.8) is 0 Å². The third kappa shape index (κ3) is 7.97. The highest BCUT2D eigenvalue weighted by atomic mass is 32.1. The first-order chi connectivity index (χ1) is 14.6. The van der Waals surface area contributed by atoms with Gasteiger partial charge < -0.3 is 15.4 Å². The zero-order chi connectivity index (χ0) is 23.0. The van der Waals surface area contributed by atoms with Gasteiger partial charge >= 0.3 is 5.97 Å². The monoisotopic (exact) mass is 443 g/mol. The molecule has 8 heteroatoms. The van der Waals surface area contributed by atoms with E-state index < -0.39 is 10.3 Å². The molecule has 0 amide bonds. The van der Waals surface area contributed by atoms with E-state index >= 15 is 0 Å². The lowest BCUT2D eigenvalue weighted by molar-refractivity contribution is -0.384. The lowest BCUT2D eigenvalue weighted by Gasteiger charge is -2.25. The number of thiocarbonyl (C=S) groups is 1. The molecule has 0 aliphatic heterocycles. The van der Waals surface area contributed by atoms with Gasteiger partial charge in [0.05, 0.1) is 22.4 Å². The number of benzene rings is 2. The van der Waals surface area contributed by atoms with Crippen LogP contribution in [0.1, 0.15) is 44.9 Å². The van der Waals surface area contributed by atoms with Gasteiger partial charge in [0.25, 0.3) is 5.69 Å². The highest BCUT2D eigenvalue weighted by Crippen LogP contribution is 2.18. The number of nitrogens with zero attached hydrogens (tertiary/aromatic N) is 1. The minimum absolute atomic E-state index is 0.0419. The van der Waals surface area contributed by atoms with Crippen LogP contribution in [0.15, 0.2) is 54.6 Å². The molecule has 0 spiro atoms. The minimum atomic E-state index is -0.583. The van der Waals surface area contributed by atoms with Crippen LogP contribution in [-0.2, 0) is 16.0 Å². The van der Waals surface area contributed by atoms with Gasteiger partial charge in [-0.15, -0.1) is 0 Å². The molecule has 2 aromatic rings. The standard InChI is InChI=1S/C23H29N3O4S/c1-16(18-10-12-20(13-11-18)26(28)29)24-22(31)25-19(14-17-8-6-5-7-9-17)15-30-21(27)23(2,3)4/h5-13,16,19H,14-15H2,1-4H3,(H2,24,25,31)/t16-,19+/m0/s1. The summed E-state index contributed by atoms with van der Waals surface area (Å²) in [5.74, 6) is -0.273. The van der Waals surface area contributed by atoms with Crippen molar-refractivity contribution in [1.29, 1.82) is 0 Å². The van der Waals surface area contributed by atoms with Crippen LogP contribution in [-0.4, -0.2) is 28.7 Å².